The fourth-order valence-corrected chi connectivity index (χ4v) is 2.89. The summed E-state index contributed by atoms with van der Waals surface area (Å²) in [6.45, 7) is -0.182. The number of ether oxygens (including phenoxy) is 2. The highest BCUT2D eigenvalue weighted by molar-refractivity contribution is 6.32. The highest BCUT2D eigenvalue weighted by Crippen LogP contribution is 2.34. The number of aromatic nitrogens is 2. The van der Waals surface area contributed by atoms with Crippen LogP contribution in [0.3, 0.4) is 0 Å². The van der Waals surface area contributed by atoms with Crippen molar-refractivity contribution in [2.45, 2.75) is 24.8 Å². The van der Waals surface area contributed by atoms with Crippen LogP contribution in [0.2, 0.25) is 5.02 Å². The van der Waals surface area contributed by atoms with Crippen molar-refractivity contribution in [3.63, 3.8) is 0 Å². The zero-order chi connectivity index (χ0) is 23.0. The normalized spacial score (nSPS) is 17.6. The van der Waals surface area contributed by atoms with Gasteiger partial charge < -0.3 is 20.1 Å². The molecule has 1 aromatic heterocycles. The Morgan fingerprint density at radius 1 is 1.29 bits per heavy atom. The first-order valence-electron chi connectivity index (χ1n) is 8.25. The second-order valence-corrected chi connectivity index (χ2v) is 6.55. The number of nitrogens with one attached hydrogen (secondary N) is 2. The Morgan fingerprint density at radius 3 is 2.52 bits per heavy atom. The molecule has 0 spiro atoms. The van der Waals surface area contributed by atoms with Crippen LogP contribution in [-0.2, 0) is 15.8 Å². The number of rotatable bonds is 5. The van der Waals surface area contributed by atoms with Crippen LogP contribution in [0.4, 0.5) is 31.1 Å². The van der Waals surface area contributed by atoms with Gasteiger partial charge >= 0.3 is 18.8 Å². The lowest BCUT2D eigenvalue weighted by Crippen LogP contribution is -2.39. The lowest BCUT2D eigenvalue weighted by molar-refractivity contribution is -0.274. The minimum atomic E-state index is -5.02. The van der Waals surface area contributed by atoms with Crippen LogP contribution in [0.15, 0.2) is 30.6 Å². The Balaban J connectivity index is 1.93. The molecule has 31 heavy (non-hydrogen) atoms. The maximum Gasteiger partial charge on any atom is 0.573 e. The van der Waals surface area contributed by atoms with Crippen molar-refractivity contribution < 1.29 is 45.4 Å². The van der Waals surface area contributed by atoms with Gasteiger partial charge in [0, 0.05) is 11.8 Å². The van der Waals surface area contributed by atoms with Gasteiger partial charge in [0.15, 0.2) is 6.10 Å². The minimum absolute atomic E-state index is 0.0203. The summed E-state index contributed by atoms with van der Waals surface area (Å²) >= 11 is 5.81. The number of hydrogen-bond acceptors (Lipinski definition) is 5. The first-order valence-corrected chi connectivity index (χ1v) is 8.63. The average molecular weight is 473 g/mol. The molecule has 2 aromatic rings. The summed E-state index contributed by atoms with van der Waals surface area (Å²) in [5, 5.41) is 7.27. The van der Waals surface area contributed by atoms with Crippen molar-refractivity contribution in [1.82, 2.24) is 20.4 Å². The molecular weight excluding hydrogens is 462 g/mol. The van der Waals surface area contributed by atoms with Crippen LogP contribution in [-0.4, -0.2) is 40.8 Å². The van der Waals surface area contributed by atoms with Crippen LogP contribution < -0.4 is 15.4 Å². The van der Waals surface area contributed by atoms with Gasteiger partial charge in [-0.05, 0) is 17.7 Å². The monoisotopic (exact) mass is 472 g/mol. The van der Waals surface area contributed by atoms with E-state index in [2.05, 4.69) is 20.5 Å². The molecule has 3 rings (SSSR count). The zero-order valence-corrected chi connectivity index (χ0v) is 15.7. The highest BCUT2D eigenvalue weighted by Gasteiger charge is 2.35. The molecular formula is C16H11ClF6N4O4. The van der Waals surface area contributed by atoms with Gasteiger partial charge in [-0.15, -0.1) is 26.3 Å². The van der Waals surface area contributed by atoms with Crippen molar-refractivity contribution in [3.05, 3.63) is 46.7 Å². The summed E-state index contributed by atoms with van der Waals surface area (Å²) in [4.78, 5) is 23.5. The maximum absolute atomic E-state index is 12.9. The number of nitrogens with zero attached hydrogens (tertiary/aromatic N) is 2. The van der Waals surface area contributed by atoms with Gasteiger partial charge in [0.05, 0.1) is 23.8 Å². The Bertz CT molecular complexity index is 993. The first-order chi connectivity index (χ1) is 14.3. The lowest BCUT2D eigenvalue weighted by atomic mass is 10.0. The molecule has 0 bridgehead atoms. The quantitative estimate of drug-likeness (QED) is 0.652. The highest BCUT2D eigenvalue weighted by atomic mass is 35.5. The van der Waals surface area contributed by atoms with Gasteiger partial charge in [-0.3, -0.25) is 4.79 Å². The maximum atomic E-state index is 12.9. The molecule has 15 heteroatoms. The van der Waals surface area contributed by atoms with Gasteiger partial charge in [-0.2, -0.15) is 9.78 Å². The largest absolute Gasteiger partial charge is 0.573 e. The Morgan fingerprint density at radius 2 is 2.00 bits per heavy atom. The molecule has 1 aliphatic heterocycles. The van der Waals surface area contributed by atoms with Crippen molar-refractivity contribution in [3.8, 4) is 5.75 Å². The van der Waals surface area contributed by atoms with Crippen molar-refractivity contribution in [2.24, 2.45) is 0 Å². The number of alkyl halides is 6. The number of carbonyl (C=O) groups excluding carboxylic acids is 2. The third-order valence-corrected chi connectivity index (χ3v) is 4.27. The summed E-state index contributed by atoms with van der Waals surface area (Å²) in [6.07, 6.45) is -10.6. The lowest BCUT2D eigenvalue weighted by Gasteiger charge is -2.21. The van der Waals surface area contributed by atoms with E-state index in [9.17, 15) is 35.9 Å². The van der Waals surface area contributed by atoms with Gasteiger partial charge in [0.1, 0.15) is 5.75 Å². The average Bonchev–Trinajstić information content (AvgIpc) is 3.29. The summed E-state index contributed by atoms with van der Waals surface area (Å²) in [5.41, 5.74) is -0.143. The van der Waals surface area contributed by atoms with Crippen LogP contribution in [0.1, 0.15) is 17.2 Å². The number of benzene rings is 1. The molecule has 1 saturated heterocycles. The van der Waals surface area contributed by atoms with Crippen molar-refractivity contribution in [2.75, 3.05) is 6.54 Å². The third-order valence-electron chi connectivity index (χ3n) is 3.97. The molecule has 2 N–H and O–H groups in total. The van der Waals surface area contributed by atoms with E-state index < -0.39 is 47.6 Å². The van der Waals surface area contributed by atoms with E-state index in [1.165, 1.54) is 0 Å². The van der Waals surface area contributed by atoms with E-state index >= 15 is 0 Å². The smallest absolute Gasteiger partial charge is 0.434 e. The summed E-state index contributed by atoms with van der Waals surface area (Å²) < 4.78 is 84.1. The summed E-state index contributed by atoms with van der Waals surface area (Å²) in [7, 11) is 0. The van der Waals surface area contributed by atoms with Crippen LogP contribution in [0, 0.1) is 0 Å². The molecule has 8 nitrogen and oxygen atoms in total. The molecule has 0 unspecified atom stereocenters. The topological polar surface area (TPSA) is 94.5 Å². The van der Waals surface area contributed by atoms with Crippen LogP contribution in [0.25, 0.3) is 0 Å². The molecule has 0 radical (unpaired) electrons. The van der Waals surface area contributed by atoms with E-state index in [1.807, 2.05) is 0 Å². The predicted octanol–water partition coefficient (Wildman–Crippen LogP) is 3.23. The molecule has 2 amide bonds. The third kappa shape index (κ3) is 5.51. The molecule has 1 fully saturated rings. The predicted molar refractivity (Wildman–Crippen MR) is 89.9 cm³/mol. The molecule has 2 heterocycles. The standard InChI is InChI=1S/C16H11ClF6N4O4/c17-9-3-7(1-2-10(9)31-16(21,22)23)12(8-4-25-27(6-8)15(18,19)20)26-13(28)11-5-24-14(29)30-11/h1-4,6,11-12H,5H2,(H,24,29)(H,26,28)/t11-,12+/m0/s1. The number of cyclic esters (lactones) is 1. The van der Waals surface area contributed by atoms with E-state index in [0.717, 1.165) is 24.4 Å². The van der Waals surface area contributed by atoms with Crippen molar-refractivity contribution in [1.29, 1.82) is 0 Å². The van der Waals surface area contributed by atoms with Crippen molar-refractivity contribution >= 4 is 23.6 Å². The fourth-order valence-electron chi connectivity index (χ4n) is 2.66. The molecule has 1 aliphatic rings. The van der Waals surface area contributed by atoms with E-state index in [4.69, 9.17) is 16.3 Å². The number of carbonyl (C=O) groups is 2. The van der Waals surface area contributed by atoms with E-state index in [1.54, 1.807) is 0 Å². The second kappa shape index (κ2) is 8.17. The first kappa shape index (κ1) is 22.5. The van der Waals surface area contributed by atoms with E-state index in [-0.39, 0.29) is 22.4 Å². The van der Waals surface area contributed by atoms with Crippen LogP contribution >= 0.6 is 11.6 Å². The molecule has 2 atom stereocenters. The summed E-state index contributed by atoms with van der Waals surface area (Å²) in [5.74, 6) is -1.61. The minimum Gasteiger partial charge on any atom is -0.434 e. The second-order valence-electron chi connectivity index (χ2n) is 6.14. The number of hydrogen-bond donors (Lipinski definition) is 2. The van der Waals surface area contributed by atoms with Crippen LogP contribution in [0.5, 0.6) is 5.75 Å². The number of amides is 2. The molecule has 0 saturated carbocycles. The Labute approximate surface area is 174 Å². The van der Waals surface area contributed by atoms with E-state index in [0.29, 0.717) is 6.20 Å². The SMILES string of the molecule is O=C1NC[C@@H](C(=O)N[C@H](c2ccc(OC(F)(F)F)c(Cl)c2)c2cnn(C(F)(F)F)c2)O1. The van der Waals surface area contributed by atoms with Gasteiger partial charge in [-0.1, -0.05) is 17.7 Å². The summed E-state index contributed by atoms with van der Waals surface area (Å²) in [6, 6.07) is 1.58. The molecule has 0 aliphatic carbocycles. The van der Waals surface area contributed by atoms with Gasteiger partial charge in [0.25, 0.3) is 5.91 Å². The number of halogens is 7. The molecule has 168 valence electrons. The Kier molecular flexibility index (Phi) is 5.93. The zero-order valence-electron chi connectivity index (χ0n) is 14.9. The van der Waals surface area contributed by atoms with Gasteiger partial charge in [0.2, 0.25) is 0 Å². The number of alkyl carbamates (subject to hydrolysis) is 1. The van der Waals surface area contributed by atoms with Gasteiger partial charge in [-0.25, -0.2) is 4.79 Å². The Hall–Kier alpha value is -3.16. The molecule has 1 aromatic carbocycles. The fraction of sp³-hybridized carbons (Fsp3) is 0.312.